The summed E-state index contributed by atoms with van der Waals surface area (Å²) < 4.78 is 13.7. The fourth-order valence-electron chi connectivity index (χ4n) is 2.76. The molecule has 1 aliphatic carbocycles. The van der Waals surface area contributed by atoms with Gasteiger partial charge in [0.2, 0.25) is 0 Å². The molecule has 4 heteroatoms. The minimum Gasteiger partial charge on any atom is -0.386 e. The predicted octanol–water partition coefficient (Wildman–Crippen LogP) is 2.77. The van der Waals surface area contributed by atoms with E-state index in [4.69, 9.17) is 0 Å². The van der Waals surface area contributed by atoms with Crippen molar-refractivity contribution >= 4 is 0 Å². The number of aryl methyl sites for hydroxylation is 1. The van der Waals surface area contributed by atoms with Gasteiger partial charge in [0.1, 0.15) is 17.6 Å². The summed E-state index contributed by atoms with van der Waals surface area (Å²) in [5.74, 6) is -0.632. The molecule has 0 fully saturated rings. The Labute approximate surface area is 111 Å². The molecule has 2 aromatic heterocycles. The number of nitrogens with zero attached hydrogens (tertiary/aromatic N) is 2. The number of halogens is 1. The van der Waals surface area contributed by atoms with Crippen LogP contribution in [0, 0.1) is 5.82 Å². The quantitative estimate of drug-likeness (QED) is 0.901. The molecule has 98 valence electrons. The highest BCUT2D eigenvalue weighted by atomic mass is 19.1. The first-order valence-corrected chi connectivity index (χ1v) is 6.49. The lowest BCUT2D eigenvalue weighted by atomic mass is 9.82. The van der Waals surface area contributed by atoms with E-state index in [1.807, 2.05) is 12.1 Å². The zero-order chi connectivity index (χ0) is 13.2. The summed E-state index contributed by atoms with van der Waals surface area (Å²) in [4.78, 5) is 8.34. The van der Waals surface area contributed by atoms with Gasteiger partial charge in [-0.15, -0.1) is 0 Å². The van der Waals surface area contributed by atoms with Crippen molar-refractivity contribution in [2.75, 3.05) is 0 Å². The lowest BCUT2D eigenvalue weighted by molar-refractivity contribution is 0.125. The fraction of sp³-hybridized carbons (Fsp3) is 0.333. The first-order valence-electron chi connectivity index (χ1n) is 6.49. The molecule has 19 heavy (non-hydrogen) atoms. The number of rotatable bonds is 2. The minimum atomic E-state index is -0.935. The van der Waals surface area contributed by atoms with E-state index < -0.39 is 11.9 Å². The van der Waals surface area contributed by atoms with Crippen LogP contribution in [0.4, 0.5) is 4.39 Å². The average molecular weight is 258 g/mol. The standard InChI is InChI=1S/C15H15FN2O/c16-12-7-3-9-18-14(12)15(19)11-6-1-4-10-5-2-8-17-13(10)11/h2-3,5,7-9,11,15,19H,1,4,6H2. The molecule has 0 saturated carbocycles. The lowest BCUT2D eigenvalue weighted by Crippen LogP contribution is -2.20. The molecule has 0 saturated heterocycles. The van der Waals surface area contributed by atoms with E-state index in [2.05, 4.69) is 9.97 Å². The molecule has 0 bridgehead atoms. The van der Waals surface area contributed by atoms with Crippen molar-refractivity contribution in [1.29, 1.82) is 0 Å². The second kappa shape index (κ2) is 5.05. The molecule has 0 amide bonds. The Morgan fingerprint density at radius 1 is 1.21 bits per heavy atom. The van der Waals surface area contributed by atoms with Gasteiger partial charge >= 0.3 is 0 Å². The Balaban J connectivity index is 1.98. The van der Waals surface area contributed by atoms with Crippen LogP contribution in [-0.2, 0) is 6.42 Å². The SMILES string of the molecule is OC(c1ncccc1F)C1CCCc2cccnc21. The minimum absolute atomic E-state index is 0.117. The molecule has 2 unspecified atom stereocenters. The molecule has 0 aromatic carbocycles. The Bertz CT molecular complexity index is 588. The maximum atomic E-state index is 13.7. The van der Waals surface area contributed by atoms with Gasteiger partial charge in [-0.3, -0.25) is 9.97 Å². The maximum Gasteiger partial charge on any atom is 0.147 e. The van der Waals surface area contributed by atoms with Crippen LogP contribution in [0.2, 0.25) is 0 Å². The summed E-state index contributed by atoms with van der Waals surface area (Å²) in [7, 11) is 0. The molecule has 2 atom stereocenters. The van der Waals surface area contributed by atoms with Crippen molar-refractivity contribution < 1.29 is 9.50 Å². The van der Waals surface area contributed by atoms with Crippen LogP contribution in [0.5, 0.6) is 0 Å². The van der Waals surface area contributed by atoms with Gasteiger partial charge in [-0.25, -0.2) is 4.39 Å². The van der Waals surface area contributed by atoms with Gasteiger partial charge in [0.05, 0.1) is 0 Å². The summed E-state index contributed by atoms with van der Waals surface area (Å²) >= 11 is 0. The molecular formula is C15H15FN2O. The Kier molecular flexibility index (Phi) is 3.25. The van der Waals surface area contributed by atoms with Crippen LogP contribution in [0.15, 0.2) is 36.7 Å². The topological polar surface area (TPSA) is 46.0 Å². The summed E-state index contributed by atoms with van der Waals surface area (Å²) in [6.45, 7) is 0. The van der Waals surface area contributed by atoms with E-state index in [1.165, 1.54) is 18.3 Å². The van der Waals surface area contributed by atoms with Gasteiger partial charge in [0.25, 0.3) is 0 Å². The van der Waals surface area contributed by atoms with Crippen LogP contribution in [0.25, 0.3) is 0 Å². The molecule has 1 aliphatic rings. The lowest BCUT2D eigenvalue weighted by Gasteiger charge is -2.28. The molecule has 3 rings (SSSR count). The molecule has 2 heterocycles. The van der Waals surface area contributed by atoms with E-state index >= 15 is 0 Å². The van der Waals surface area contributed by atoms with Gasteiger partial charge in [0.15, 0.2) is 0 Å². The highest BCUT2D eigenvalue weighted by molar-refractivity contribution is 5.29. The molecule has 3 nitrogen and oxygen atoms in total. The summed E-state index contributed by atoms with van der Waals surface area (Å²) in [5.41, 5.74) is 2.14. The second-order valence-electron chi connectivity index (χ2n) is 4.86. The van der Waals surface area contributed by atoms with Crippen LogP contribution < -0.4 is 0 Å². The van der Waals surface area contributed by atoms with Crippen LogP contribution in [0.1, 0.15) is 41.8 Å². The van der Waals surface area contributed by atoms with Crippen molar-refractivity contribution in [1.82, 2.24) is 9.97 Å². The molecular weight excluding hydrogens is 243 g/mol. The third kappa shape index (κ3) is 2.24. The monoisotopic (exact) mass is 258 g/mol. The Morgan fingerprint density at radius 3 is 2.84 bits per heavy atom. The average Bonchev–Trinajstić information content (AvgIpc) is 2.46. The number of pyridine rings is 2. The number of hydrogen-bond donors (Lipinski definition) is 1. The van der Waals surface area contributed by atoms with Crippen LogP contribution in [0.3, 0.4) is 0 Å². The third-order valence-corrected chi connectivity index (χ3v) is 3.69. The highest BCUT2D eigenvalue weighted by Gasteiger charge is 2.30. The van der Waals surface area contributed by atoms with Crippen LogP contribution >= 0.6 is 0 Å². The van der Waals surface area contributed by atoms with E-state index in [9.17, 15) is 9.50 Å². The number of aromatic nitrogens is 2. The number of hydrogen-bond acceptors (Lipinski definition) is 3. The smallest absolute Gasteiger partial charge is 0.147 e. The zero-order valence-electron chi connectivity index (χ0n) is 10.5. The summed E-state index contributed by atoms with van der Waals surface area (Å²) in [5, 5.41) is 10.4. The van der Waals surface area contributed by atoms with Crippen LogP contribution in [-0.4, -0.2) is 15.1 Å². The van der Waals surface area contributed by atoms with Crippen molar-refractivity contribution in [3.05, 3.63) is 59.4 Å². The number of fused-ring (bicyclic) bond motifs is 1. The Hall–Kier alpha value is -1.81. The van der Waals surface area contributed by atoms with E-state index in [-0.39, 0.29) is 11.6 Å². The van der Waals surface area contributed by atoms with Gasteiger partial charge < -0.3 is 5.11 Å². The Morgan fingerprint density at radius 2 is 2.00 bits per heavy atom. The first-order chi connectivity index (χ1) is 9.27. The molecule has 0 radical (unpaired) electrons. The predicted molar refractivity (Wildman–Crippen MR) is 69.1 cm³/mol. The maximum absolute atomic E-state index is 13.7. The highest BCUT2D eigenvalue weighted by Crippen LogP contribution is 2.38. The molecule has 1 N–H and O–H groups in total. The second-order valence-corrected chi connectivity index (χ2v) is 4.86. The van der Waals surface area contributed by atoms with Gasteiger partial charge in [0, 0.05) is 24.0 Å². The van der Waals surface area contributed by atoms with Gasteiger partial charge in [-0.1, -0.05) is 6.07 Å². The van der Waals surface area contributed by atoms with E-state index in [1.54, 1.807) is 6.20 Å². The number of aliphatic hydroxyl groups is 1. The van der Waals surface area contributed by atoms with E-state index in [0.717, 1.165) is 30.5 Å². The zero-order valence-corrected chi connectivity index (χ0v) is 10.5. The largest absolute Gasteiger partial charge is 0.386 e. The van der Waals surface area contributed by atoms with Gasteiger partial charge in [-0.2, -0.15) is 0 Å². The molecule has 0 spiro atoms. The molecule has 2 aromatic rings. The molecule has 0 aliphatic heterocycles. The van der Waals surface area contributed by atoms with Crippen molar-refractivity contribution in [3.63, 3.8) is 0 Å². The summed E-state index contributed by atoms with van der Waals surface area (Å²) in [6, 6.07) is 6.78. The van der Waals surface area contributed by atoms with Crippen molar-refractivity contribution in [2.24, 2.45) is 0 Å². The third-order valence-electron chi connectivity index (χ3n) is 3.69. The normalized spacial score (nSPS) is 19.8. The van der Waals surface area contributed by atoms with Gasteiger partial charge in [-0.05, 0) is 43.0 Å². The fourth-order valence-corrected chi connectivity index (χ4v) is 2.76. The summed E-state index contributed by atoms with van der Waals surface area (Å²) in [6.07, 6.45) is 5.05. The van der Waals surface area contributed by atoms with E-state index in [0.29, 0.717) is 0 Å². The number of aliphatic hydroxyl groups excluding tert-OH is 1. The van der Waals surface area contributed by atoms with Crippen molar-refractivity contribution in [2.45, 2.75) is 31.3 Å². The van der Waals surface area contributed by atoms with Crippen molar-refractivity contribution in [3.8, 4) is 0 Å². The first kappa shape index (κ1) is 12.2.